The fraction of sp³-hybridized carbons (Fsp3) is 0.875. The van der Waals surface area contributed by atoms with Crippen molar-refractivity contribution in [3.63, 3.8) is 0 Å². The Morgan fingerprint density at radius 2 is 1.41 bits per heavy atom. The summed E-state index contributed by atoms with van der Waals surface area (Å²) in [5.74, 6) is 0. The monoisotopic (exact) mass is 250 g/mol. The van der Waals surface area contributed by atoms with Gasteiger partial charge in [0.25, 0.3) is 0 Å². The van der Waals surface area contributed by atoms with Gasteiger partial charge in [-0.25, -0.2) is 0 Å². The fourth-order valence-corrected chi connectivity index (χ4v) is 8.33. The first-order valence-corrected chi connectivity index (χ1v) is 9.40. The molecule has 0 radical (unpaired) electrons. The molecule has 0 amide bonds. The van der Waals surface area contributed by atoms with Crippen LogP contribution in [-0.4, -0.2) is 11.3 Å². The molecule has 0 spiro atoms. The standard InChI is InChI=1S/C16H27P/c1-2-4-8-14(9-5-3-1)17-15-10-6-11-16(17)13-7-12-15/h8,15-16H,1-7,9-13H2/b14-8+. The SMILES string of the molecule is C1=C(/P2C3CCCC2CCC3)CCCCCC/1. The van der Waals surface area contributed by atoms with Gasteiger partial charge in [-0.2, -0.15) is 0 Å². The Balaban J connectivity index is 1.76. The maximum absolute atomic E-state index is 2.70. The summed E-state index contributed by atoms with van der Waals surface area (Å²) in [4.78, 5) is 0. The quantitative estimate of drug-likeness (QED) is 0.515. The van der Waals surface area contributed by atoms with Gasteiger partial charge in [0.15, 0.2) is 0 Å². The zero-order valence-corrected chi connectivity index (χ0v) is 12.1. The Morgan fingerprint density at radius 1 is 0.765 bits per heavy atom. The summed E-state index contributed by atoms with van der Waals surface area (Å²) in [6.07, 6.45) is 20.9. The van der Waals surface area contributed by atoms with Gasteiger partial charge in [0.2, 0.25) is 0 Å². The molecule has 0 aromatic heterocycles. The van der Waals surface area contributed by atoms with E-state index in [0.717, 1.165) is 11.3 Å². The summed E-state index contributed by atoms with van der Waals surface area (Å²) >= 11 is 0. The summed E-state index contributed by atoms with van der Waals surface area (Å²) < 4.78 is 0. The molecular weight excluding hydrogens is 223 g/mol. The van der Waals surface area contributed by atoms with Crippen molar-refractivity contribution >= 4 is 7.92 Å². The minimum atomic E-state index is 0.304. The van der Waals surface area contributed by atoms with Crippen molar-refractivity contribution in [3.05, 3.63) is 11.4 Å². The van der Waals surface area contributed by atoms with E-state index in [2.05, 4.69) is 6.08 Å². The van der Waals surface area contributed by atoms with Crippen LogP contribution in [0.4, 0.5) is 0 Å². The van der Waals surface area contributed by atoms with Crippen LogP contribution in [0.15, 0.2) is 11.4 Å². The molecule has 0 saturated carbocycles. The molecule has 2 heterocycles. The number of hydrogen-bond donors (Lipinski definition) is 0. The highest BCUT2D eigenvalue weighted by atomic mass is 31.1. The zero-order chi connectivity index (χ0) is 11.5. The summed E-state index contributed by atoms with van der Waals surface area (Å²) in [5, 5.41) is 1.97. The third-order valence-electron chi connectivity index (χ3n) is 5.03. The Labute approximate surface area is 108 Å². The Kier molecular flexibility index (Phi) is 4.22. The molecule has 2 fully saturated rings. The Hall–Kier alpha value is 0.170. The molecule has 3 rings (SSSR count). The molecular formula is C16H27P. The van der Waals surface area contributed by atoms with E-state index in [1.807, 2.05) is 5.31 Å². The van der Waals surface area contributed by atoms with Gasteiger partial charge in [-0.3, -0.25) is 0 Å². The molecule has 3 aliphatic rings. The highest BCUT2D eigenvalue weighted by Gasteiger charge is 2.37. The van der Waals surface area contributed by atoms with Crippen molar-refractivity contribution in [1.82, 2.24) is 0 Å². The first kappa shape index (κ1) is 12.2. The molecule has 0 N–H and O–H groups in total. The minimum Gasteiger partial charge on any atom is -0.0808 e. The smallest absolute Gasteiger partial charge is 0.0170 e. The van der Waals surface area contributed by atoms with Crippen LogP contribution in [0.1, 0.15) is 77.0 Å². The second-order valence-electron chi connectivity index (χ2n) is 6.23. The van der Waals surface area contributed by atoms with Crippen LogP contribution in [-0.2, 0) is 0 Å². The van der Waals surface area contributed by atoms with Crippen LogP contribution in [0.5, 0.6) is 0 Å². The number of fused-ring (bicyclic) bond motifs is 2. The maximum atomic E-state index is 2.70. The molecule has 1 aliphatic carbocycles. The fourth-order valence-electron chi connectivity index (χ4n) is 4.20. The van der Waals surface area contributed by atoms with Crippen LogP contribution in [0.25, 0.3) is 0 Å². The van der Waals surface area contributed by atoms with E-state index in [1.165, 1.54) is 38.5 Å². The molecule has 2 saturated heterocycles. The van der Waals surface area contributed by atoms with E-state index in [1.54, 1.807) is 38.5 Å². The largest absolute Gasteiger partial charge is 0.0808 e. The summed E-state index contributed by atoms with van der Waals surface area (Å²) in [7, 11) is 0.304. The average molecular weight is 250 g/mol. The minimum absolute atomic E-state index is 0.304. The van der Waals surface area contributed by atoms with Gasteiger partial charge in [-0.1, -0.05) is 39.7 Å². The number of rotatable bonds is 1. The van der Waals surface area contributed by atoms with Crippen LogP contribution in [0.3, 0.4) is 0 Å². The molecule has 17 heavy (non-hydrogen) atoms. The van der Waals surface area contributed by atoms with Crippen molar-refractivity contribution < 1.29 is 0 Å². The van der Waals surface area contributed by atoms with Gasteiger partial charge in [0.1, 0.15) is 0 Å². The highest BCUT2D eigenvalue weighted by Crippen LogP contribution is 2.65. The normalized spacial score (nSPS) is 42.1. The molecule has 2 aliphatic heterocycles. The van der Waals surface area contributed by atoms with Crippen molar-refractivity contribution in [3.8, 4) is 0 Å². The summed E-state index contributed by atoms with van der Waals surface area (Å²) in [5.41, 5.74) is 2.28. The maximum Gasteiger partial charge on any atom is -0.0170 e. The lowest BCUT2D eigenvalue weighted by Crippen LogP contribution is -2.27. The lowest BCUT2D eigenvalue weighted by molar-refractivity contribution is 0.476. The Morgan fingerprint density at radius 3 is 2.12 bits per heavy atom. The Bertz CT molecular complexity index is 259. The summed E-state index contributed by atoms with van der Waals surface area (Å²) in [6, 6.07) is 0. The molecule has 0 atom stereocenters. The lowest BCUT2D eigenvalue weighted by atomic mass is 9.99. The summed E-state index contributed by atoms with van der Waals surface area (Å²) in [6.45, 7) is 0. The lowest BCUT2D eigenvalue weighted by Gasteiger charge is -2.44. The molecule has 0 nitrogen and oxygen atoms in total. The molecule has 96 valence electrons. The van der Waals surface area contributed by atoms with Crippen LogP contribution in [0, 0.1) is 0 Å². The predicted octanol–water partition coefficient (Wildman–Crippen LogP) is 5.81. The third-order valence-corrected chi connectivity index (χ3v) is 8.71. The first-order chi connectivity index (χ1) is 8.45. The molecule has 2 bridgehead atoms. The van der Waals surface area contributed by atoms with Crippen molar-refractivity contribution in [2.24, 2.45) is 0 Å². The van der Waals surface area contributed by atoms with Gasteiger partial charge >= 0.3 is 0 Å². The molecule has 1 heteroatoms. The number of hydrogen-bond acceptors (Lipinski definition) is 0. The predicted molar refractivity (Wildman–Crippen MR) is 78.0 cm³/mol. The molecule has 0 aromatic carbocycles. The van der Waals surface area contributed by atoms with Gasteiger partial charge in [0, 0.05) is 0 Å². The zero-order valence-electron chi connectivity index (χ0n) is 11.2. The van der Waals surface area contributed by atoms with Crippen LogP contribution in [0.2, 0.25) is 0 Å². The average Bonchev–Trinajstić information content (AvgIpc) is 2.27. The van der Waals surface area contributed by atoms with Crippen LogP contribution < -0.4 is 0 Å². The number of allylic oxidation sites excluding steroid dienone is 2. The van der Waals surface area contributed by atoms with E-state index in [-0.39, 0.29) is 0 Å². The molecule has 0 aromatic rings. The van der Waals surface area contributed by atoms with E-state index in [4.69, 9.17) is 0 Å². The van der Waals surface area contributed by atoms with Crippen molar-refractivity contribution in [2.45, 2.75) is 88.4 Å². The topological polar surface area (TPSA) is 0 Å². The van der Waals surface area contributed by atoms with E-state index < -0.39 is 0 Å². The van der Waals surface area contributed by atoms with Crippen molar-refractivity contribution in [1.29, 1.82) is 0 Å². The van der Waals surface area contributed by atoms with E-state index in [9.17, 15) is 0 Å². The first-order valence-electron chi connectivity index (χ1n) is 7.92. The van der Waals surface area contributed by atoms with Gasteiger partial charge in [-0.05, 0) is 68.0 Å². The second-order valence-corrected chi connectivity index (χ2v) is 9.07. The van der Waals surface area contributed by atoms with Crippen LogP contribution >= 0.6 is 7.92 Å². The van der Waals surface area contributed by atoms with E-state index in [0.29, 0.717) is 7.92 Å². The van der Waals surface area contributed by atoms with Crippen molar-refractivity contribution in [2.75, 3.05) is 0 Å². The van der Waals surface area contributed by atoms with Gasteiger partial charge < -0.3 is 0 Å². The van der Waals surface area contributed by atoms with Gasteiger partial charge in [0.05, 0.1) is 0 Å². The third kappa shape index (κ3) is 2.78. The van der Waals surface area contributed by atoms with Gasteiger partial charge in [-0.15, -0.1) is 0 Å². The molecule has 0 unspecified atom stereocenters. The second kappa shape index (κ2) is 5.87. The highest BCUT2D eigenvalue weighted by molar-refractivity contribution is 7.63. The van der Waals surface area contributed by atoms with E-state index >= 15 is 0 Å².